The van der Waals surface area contributed by atoms with Crippen molar-refractivity contribution in [1.82, 2.24) is 19.8 Å². The lowest BCUT2D eigenvalue weighted by molar-refractivity contribution is 0.146. The quantitative estimate of drug-likeness (QED) is 0.463. The number of anilines is 2. The number of benzene rings is 2. The molecule has 0 unspecified atom stereocenters. The van der Waals surface area contributed by atoms with Crippen molar-refractivity contribution in [2.45, 2.75) is 27.0 Å². The molecule has 8 heteroatoms. The number of rotatable bonds is 6. The van der Waals surface area contributed by atoms with Gasteiger partial charge in [0.05, 0.1) is 18.9 Å². The van der Waals surface area contributed by atoms with E-state index in [1.165, 1.54) is 0 Å². The van der Waals surface area contributed by atoms with Crippen molar-refractivity contribution in [3.63, 3.8) is 0 Å². The Morgan fingerprint density at radius 1 is 1.08 bits per heavy atom. The molecule has 37 heavy (non-hydrogen) atoms. The van der Waals surface area contributed by atoms with Crippen LogP contribution in [-0.4, -0.2) is 71.3 Å². The molecule has 196 valence electrons. The predicted molar refractivity (Wildman–Crippen MR) is 147 cm³/mol. The number of aromatic hydroxyl groups is 1. The van der Waals surface area contributed by atoms with E-state index in [2.05, 4.69) is 53.1 Å². The van der Waals surface area contributed by atoms with Gasteiger partial charge in [-0.15, -0.1) is 0 Å². The van der Waals surface area contributed by atoms with E-state index in [4.69, 9.17) is 14.5 Å². The highest BCUT2D eigenvalue weighted by Gasteiger charge is 2.12. The number of fused-ring (bicyclic) bond motifs is 7. The maximum Gasteiger partial charge on any atom is 0.227 e. The summed E-state index contributed by atoms with van der Waals surface area (Å²) in [5.74, 6) is 1.60. The van der Waals surface area contributed by atoms with Crippen molar-refractivity contribution in [2.24, 2.45) is 0 Å². The molecule has 2 heterocycles. The minimum Gasteiger partial charge on any atom is -0.508 e. The second-order valence-electron chi connectivity index (χ2n) is 9.12. The normalized spacial score (nSPS) is 15.5. The van der Waals surface area contributed by atoms with Crippen molar-refractivity contribution < 1.29 is 14.6 Å². The smallest absolute Gasteiger partial charge is 0.227 e. The molecule has 1 aliphatic rings. The van der Waals surface area contributed by atoms with Crippen molar-refractivity contribution in [1.29, 1.82) is 0 Å². The number of aromatic nitrogens is 2. The highest BCUT2D eigenvalue weighted by Crippen LogP contribution is 2.28. The maximum absolute atomic E-state index is 10.3. The van der Waals surface area contributed by atoms with Crippen LogP contribution in [0.15, 0.2) is 60.8 Å². The summed E-state index contributed by atoms with van der Waals surface area (Å²) >= 11 is 0. The van der Waals surface area contributed by atoms with E-state index in [-0.39, 0.29) is 5.75 Å². The molecule has 0 saturated heterocycles. The molecule has 4 rings (SSSR count). The highest BCUT2D eigenvalue weighted by atomic mass is 16.5. The Bertz CT molecular complexity index is 1200. The summed E-state index contributed by atoms with van der Waals surface area (Å²) in [6.07, 6.45) is 5.84. The minimum absolute atomic E-state index is 0.209. The van der Waals surface area contributed by atoms with Gasteiger partial charge in [-0.2, -0.15) is 0 Å². The maximum atomic E-state index is 10.3. The molecule has 0 atom stereocenters. The van der Waals surface area contributed by atoms with Gasteiger partial charge in [0.15, 0.2) is 0 Å². The van der Waals surface area contributed by atoms with E-state index >= 15 is 0 Å². The molecule has 0 fully saturated rings. The zero-order valence-corrected chi connectivity index (χ0v) is 22.0. The molecular weight excluding hydrogens is 466 g/mol. The van der Waals surface area contributed by atoms with Crippen LogP contribution in [0.3, 0.4) is 0 Å². The predicted octanol–water partition coefficient (Wildman–Crippen LogP) is 4.83. The average molecular weight is 504 g/mol. The third-order valence-corrected chi connectivity index (χ3v) is 6.40. The summed E-state index contributed by atoms with van der Waals surface area (Å²) < 4.78 is 12.0. The first kappa shape index (κ1) is 26.6. The van der Waals surface area contributed by atoms with Gasteiger partial charge in [-0.25, -0.2) is 9.97 Å². The third kappa shape index (κ3) is 7.52. The number of ether oxygens (including phenoxy) is 2. The SMILES string of the molecule is CCN(CC)CCOc1ccc2cc1CN(C)C/C=C/COCc1cc(ccc1O)-c1ccnc(n1)N2. The van der Waals surface area contributed by atoms with E-state index in [0.717, 1.165) is 66.5 Å². The van der Waals surface area contributed by atoms with Crippen LogP contribution >= 0.6 is 0 Å². The van der Waals surface area contributed by atoms with Crippen LogP contribution in [0.2, 0.25) is 0 Å². The highest BCUT2D eigenvalue weighted by molar-refractivity contribution is 5.64. The van der Waals surface area contributed by atoms with Gasteiger partial charge in [-0.3, -0.25) is 4.90 Å². The van der Waals surface area contributed by atoms with Crippen molar-refractivity contribution in [3.05, 3.63) is 71.9 Å². The lowest BCUT2D eigenvalue weighted by Gasteiger charge is -2.21. The topological polar surface area (TPSA) is 83.0 Å². The Morgan fingerprint density at radius 3 is 2.78 bits per heavy atom. The fraction of sp³-hybridized carbons (Fsp3) is 0.379. The molecular formula is C29H37N5O3. The van der Waals surface area contributed by atoms with Crippen LogP contribution in [0, 0.1) is 0 Å². The fourth-order valence-electron chi connectivity index (χ4n) is 4.23. The van der Waals surface area contributed by atoms with Crippen molar-refractivity contribution in [2.75, 3.05) is 51.8 Å². The number of nitrogens with one attached hydrogen (secondary N) is 1. The number of likely N-dealkylation sites (N-methyl/N-ethyl adjacent to an activating group) is 2. The molecule has 3 aromatic rings. The molecule has 0 amide bonds. The van der Waals surface area contributed by atoms with Crippen LogP contribution in [0.4, 0.5) is 11.6 Å². The Morgan fingerprint density at radius 2 is 1.95 bits per heavy atom. The van der Waals surface area contributed by atoms with Gasteiger partial charge in [0.25, 0.3) is 0 Å². The van der Waals surface area contributed by atoms with Crippen molar-refractivity contribution >= 4 is 11.6 Å². The second-order valence-corrected chi connectivity index (χ2v) is 9.12. The standard InChI is InChI=1S/C29H37N5O3/c1-4-34(5-2)15-17-37-28-11-9-25-19-23(28)20-33(3)14-6-7-16-36-21-24-18-22(8-10-27(24)35)26-12-13-30-29(31-25)32-26/h6-13,18-19,35H,4-5,14-17,20-21H2,1-3H3,(H,30,31,32)/b7-6+. The Kier molecular flexibility index (Phi) is 9.48. The zero-order valence-electron chi connectivity index (χ0n) is 22.0. The number of phenols is 1. The first-order valence-corrected chi connectivity index (χ1v) is 12.9. The summed E-state index contributed by atoms with van der Waals surface area (Å²) in [5.41, 5.74) is 4.36. The average Bonchev–Trinajstić information content (AvgIpc) is 2.90. The Balaban J connectivity index is 1.62. The van der Waals surface area contributed by atoms with Crippen LogP contribution in [0.5, 0.6) is 11.5 Å². The molecule has 0 radical (unpaired) electrons. The van der Waals surface area contributed by atoms with Crippen LogP contribution in [-0.2, 0) is 17.9 Å². The fourth-order valence-corrected chi connectivity index (χ4v) is 4.23. The minimum atomic E-state index is 0.209. The number of phenolic OH excluding ortho intramolecular Hbond substituents is 1. The third-order valence-electron chi connectivity index (χ3n) is 6.40. The van der Waals surface area contributed by atoms with Gasteiger partial charge in [0, 0.05) is 48.2 Å². The summed E-state index contributed by atoms with van der Waals surface area (Å²) in [6, 6.07) is 13.4. The zero-order chi connectivity index (χ0) is 26.0. The Hall–Kier alpha value is -3.46. The monoisotopic (exact) mass is 503 g/mol. The largest absolute Gasteiger partial charge is 0.508 e. The van der Waals surface area contributed by atoms with Gasteiger partial charge in [0.1, 0.15) is 18.1 Å². The molecule has 6 bridgehead atoms. The molecule has 2 aromatic carbocycles. The molecule has 2 N–H and O–H groups in total. The summed E-state index contributed by atoms with van der Waals surface area (Å²) in [7, 11) is 2.08. The van der Waals surface area contributed by atoms with E-state index in [9.17, 15) is 5.11 Å². The summed E-state index contributed by atoms with van der Waals surface area (Å²) in [6.45, 7) is 10.2. The first-order chi connectivity index (χ1) is 18.1. The number of nitrogens with zero attached hydrogens (tertiary/aromatic N) is 4. The number of hydrogen-bond donors (Lipinski definition) is 2. The number of hydrogen-bond acceptors (Lipinski definition) is 8. The van der Waals surface area contributed by atoms with Gasteiger partial charge >= 0.3 is 0 Å². The molecule has 0 spiro atoms. The second kappa shape index (κ2) is 13.2. The van der Waals surface area contributed by atoms with Gasteiger partial charge in [-0.05, 0) is 62.6 Å². The summed E-state index contributed by atoms with van der Waals surface area (Å²) in [4.78, 5) is 13.7. The van der Waals surface area contributed by atoms with Crippen LogP contribution in [0.25, 0.3) is 11.3 Å². The van der Waals surface area contributed by atoms with Gasteiger partial charge in [0.2, 0.25) is 5.95 Å². The van der Waals surface area contributed by atoms with Gasteiger partial charge in [-0.1, -0.05) is 26.0 Å². The molecule has 0 saturated carbocycles. The summed E-state index contributed by atoms with van der Waals surface area (Å²) in [5, 5.41) is 13.6. The van der Waals surface area contributed by atoms with E-state index in [0.29, 0.717) is 25.8 Å². The molecule has 1 aromatic heterocycles. The van der Waals surface area contributed by atoms with Gasteiger partial charge < -0.3 is 24.8 Å². The lowest BCUT2D eigenvalue weighted by Crippen LogP contribution is -2.28. The van der Waals surface area contributed by atoms with E-state index in [1.54, 1.807) is 12.3 Å². The molecule has 0 aliphatic carbocycles. The van der Waals surface area contributed by atoms with Crippen molar-refractivity contribution in [3.8, 4) is 22.8 Å². The van der Waals surface area contributed by atoms with E-state index < -0.39 is 0 Å². The lowest BCUT2D eigenvalue weighted by atomic mass is 10.1. The molecule has 1 aliphatic heterocycles. The van der Waals surface area contributed by atoms with Crippen LogP contribution < -0.4 is 10.1 Å². The Labute approximate surface area is 219 Å². The first-order valence-electron chi connectivity index (χ1n) is 12.9. The van der Waals surface area contributed by atoms with E-state index in [1.807, 2.05) is 36.4 Å². The molecule has 8 nitrogen and oxygen atoms in total. The van der Waals surface area contributed by atoms with Crippen LogP contribution in [0.1, 0.15) is 25.0 Å².